The van der Waals surface area contributed by atoms with Crippen molar-refractivity contribution in [2.75, 3.05) is 6.54 Å². The van der Waals surface area contributed by atoms with Gasteiger partial charge in [-0.2, -0.15) is 0 Å². The third-order valence-corrected chi connectivity index (χ3v) is 5.57. The van der Waals surface area contributed by atoms with Crippen LogP contribution in [-0.4, -0.2) is 26.1 Å². The lowest BCUT2D eigenvalue weighted by molar-refractivity contribution is -0.121. The lowest BCUT2D eigenvalue weighted by atomic mass is 10.3. The van der Waals surface area contributed by atoms with Gasteiger partial charge in [0.1, 0.15) is 11.6 Å². The number of hydrogen-bond donors (Lipinski definition) is 1. The minimum Gasteiger partial charge on any atom is -0.469 e. The number of sulfone groups is 1. The Morgan fingerprint density at radius 2 is 1.96 bits per heavy atom. The molecule has 5 nitrogen and oxygen atoms in total. The summed E-state index contributed by atoms with van der Waals surface area (Å²) in [5.74, 6) is -0.112. The highest BCUT2D eigenvalue weighted by Crippen LogP contribution is 2.18. The molecule has 1 unspecified atom stereocenters. The average molecular weight is 339 g/mol. The van der Waals surface area contributed by atoms with Gasteiger partial charge >= 0.3 is 0 Å². The van der Waals surface area contributed by atoms with E-state index in [1.54, 1.807) is 18.4 Å². The first-order chi connectivity index (χ1) is 10.9. The largest absolute Gasteiger partial charge is 0.469 e. The molecule has 0 saturated heterocycles. The summed E-state index contributed by atoms with van der Waals surface area (Å²) in [5.41, 5.74) is 0. The van der Waals surface area contributed by atoms with Crippen LogP contribution in [0.3, 0.4) is 0 Å². The summed E-state index contributed by atoms with van der Waals surface area (Å²) >= 11 is 0. The highest BCUT2D eigenvalue weighted by Gasteiger charge is 2.25. The van der Waals surface area contributed by atoms with E-state index in [0.717, 1.165) is 17.9 Å². The molecule has 0 bridgehead atoms. The number of halogens is 1. The maximum absolute atomic E-state index is 12.9. The lowest BCUT2D eigenvalue weighted by Crippen LogP contribution is -2.31. The molecule has 0 aliphatic carbocycles. The highest BCUT2D eigenvalue weighted by atomic mass is 32.2. The number of benzene rings is 1. The van der Waals surface area contributed by atoms with E-state index in [-0.39, 0.29) is 17.2 Å². The van der Waals surface area contributed by atoms with Crippen LogP contribution < -0.4 is 5.32 Å². The number of rotatable bonds is 7. The Morgan fingerprint density at radius 1 is 1.26 bits per heavy atom. The Bertz CT molecular complexity index is 739. The SMILES string of the molecule is CC(CC(=O)NCCc1ccco1)S(=O)(=O)c1ccc(F)cc1. The first kappa shape index (κ1) is 17.2. The van der Waals surface area contributed by atoms with E-state index in [4.69, 9.17) is 4.42 Å². The van der Waals surface area contributed by atoms with Crippen molar-refractivity contribution in [1.82, 2.24) is 5.32 Å². The Labute approximate surface area is 134 Å². The Hall–Kier alpha value is -2.15. The second kappa shape index (κ2) is 7.41. The standard InChI is InChI=1S/C16H18FNO4S/c1-12(23(20,21)15-6-4-13(17)5-7-15)11-16(19)18-9-8-14-3-2-10-22-14/h2-7,10,12H,8-9,11H2,1H3,(H,18,19). The maximum Gasteiger partial charge on any atom is 0.221 e. The van der Waals surface area contributed by atoms with Crippen molar-refractivity contribution < 1.29 is 22.0 Å². The monoisotopic (exact) mass is 339 g/mol. The number of furan rings is 1. The van der Waals surface area contributed by atoms with Crippen LogP contribution in [0, 0.1) is 5.82 Å². The zero-order valence-corrected chi connectivity index (χ0v) is 13.5. The maximum atomic E-state index is 12.9. The summed E-state index contributed by atoms with van der Waals surface area (Å²) in [5, 5.41) is 1.77. The van der Waals surface area contributed by atoms with E-state index in [9.17, 15) is 17.6 Å². The van der Waals surface area contributed by atoms with Crippen molar-refractivity contribution in [2.45, 2.75) is 29.9 Å². The second-order valence-corrected chi connectivity index (χ2v) is 7.56. The van der Waals surface area contributed by atoms with Crippen LogP contribution in [0.5, 0.6) is 0 Å². The van der Waals surface area contributed by atoms with Crippen LogP contribution >= 0.6 is 0 Å². The van der Waals surface area contributed by atoms with Gasteiger partial charge in [0.2, 0.25) is 5.91 Å². The first-order valence-corrected chi connectivity index (χ1v) is 8.73. The molecule has 0 radical (unpaired) electrons. The zero-order chi connectivity index (χ0) is 16.9. The summed E-state index contributed by atoms with van der Waals surface area (Å²) in [7, 11) is -3.67. The minimum absolute atomic E-state index is 0.00906. The van der Waals surface area contributed by atoms with Crippen molar-refractivity contribution in [3.63, 3.8) is 0 Å². The smallest absolute Gasteiger partial charge is 0.221 e. The quantitative estimate of drug-likeness (QED) is 0.786. The van der Waals surface area contributed by atoms with Gasteiger partial charge in [-0.1, -0.05) is 0 Å². The van der Waals surface area contributed by atoms with Gasteiger partial charge in [0.05, 0.1) is 16.4 Å². The molecular weight excluding hydrogens is 321 g/mol. The molecule has 1 atom stereocenters. The summed E-state index contributed by atoms with van der Waals surface area (Å²) < 4.78 is 42.7. The van der Waals surface area contributed by atoms with Crippen LogP contribution in [0.1, 0.15) is 19.1 Å². The van der Waals surface area contributed by atoms with E-state index in [1.807, 2.05) is 0 Å². The van der Waals surface area contributed by atoms with Gasteiger partial charge in [-0.3, -0.25) is 4.79 Å². The average Bonchev–Trinajstić information content (AvgIpc) is 3.01. The summed E-state index contributed by atoms with van der Waals surface area (Å²) in [4.78, 5) is 11.9. The summed E-state index contributed by atoms with van der Waals surface area (Å²) in [6.07, 6.45) is 1.93. The van der Waals surface area contributed by atoms with Crippen LogP contribution in [0.4, 0.5) is 4.39 Å². The molecule has 1 N–H and O–H groups in total. The first-order valence-electron chi connectivity index (χ1n) is 7.18. The van der Waals surface area contributed by atoms with Crippen molar-refractivity contribution >= 4 is 15.7 Å². The number of carbonyl (C=O) groups excluding carboxylic acids is 1. The molecule has 2 aromatic rings. The number of carbonyl (C=O) groups is 1. The topological polar surface area (TPSA) is 76.4 Å². The van der Waals surface area contributed by atoms with Crippen LogP contribution in [0.15, 0.2) is 52.0 Å². The Kier molecular flexibility index (Phi) is 5.54. The zero-order valence-electron chi connectivity index (χ0n) is 12.7. The van der Waals surface area contributed by atoms with Gasteiger partial charge in [-0.05, 0) is 43.3 Å². The third kappa shape index (κ3) is 4.66. The molecule has 0 aliphatic heterocycles. The third-order valence-electron chi connectivity index (χ3n) is 3.42. The van der Waals surface area contributed by atoms with Gasteiger partial charge in [0.25, 0.3) is 0 Å². The predicted molar refractivity (Wildman–Crippen MR) is 83.1 cm³/mol. The second-order valence-electron chi connectivity index (χ2n) is 5.19. The number of hydrogen-bond acceptors (Lipinski definition) is 4. The van der Waals surface area contributed by atoms with Gasteiger partial charge in [0.15, 0.2) is 9.84 Å². The minimum atomic E-state index is -3.67. The lowest BCUT2D eigenvalue weighted by Gasteiger charge is -2.13. The van der Waals surface area contributed by atoms with Gasteiger partial charge in [-0.15, -0.1) is 0 Å². The Morgan fingerprint density at radius 3 is 2.57 bits per heavy atom. The molecule has 0 saturated carbocycles. The van der Waals surface area contributed by atoms with Crippen LogP contribution in [0.2, 0.25) is 0 Å². The van der Waals surface area contributed by atoms with E-state index in [0.29, 0.717) is 13.0 Å². The highest BCUT2D eigenvalue weighted by molar-refractivity contribution is 7.92. The molecule has 1 heterocycles. The fourth-order valence-electron chi connectivity index (χ4n) is 2.08. The molecule has 7 heteroatoms. The Balaban J connectivity index is 1.88. The molecule has 1 aromatic heterocycles. The van der Waals surface area contributed by atoms with Crippen molar-refractivity contribution in [2.24, 2.45) is 0 Å². The molecular formula is C16H18FNO4S. The molecule has 0 spiro atoms. The molecule has 2 rings (SSSR count). The predicted octanol–water partition coefficient (Wildman–Crippen LogP) is 2.33. The van der Waals surface area contributed by atoms with Crippen LogP contribution in [0.25, 0.3) is 0 Å². The molecule has 0 aliphatic rings. The van der Waals surface area contributed by atoms with Crippen molar-refractivity contribution in [1.29, 1.82) is 0 Å². The van der Waals surface area contributed by atoms with Crippen molar-refractivity contribution in [3.05, 3.63) is 54.2 Å². The fraction of sp³-hybridized carbons (Fsp3) is 0.312. The van der Waals surface area contributed by atoms with Gasteiger partial charge in [-0.25, -0.2) is 12.8 Å². The van der Waals surface area contributed by atoms with Gasteiger partial charge < -0.3 is 9.73 Å². The van der Waals surface area contributed by atoms with E-state index in [1.165, 1.54) is 19.1 Å². The van der Waals surface area contributed by atoms with E-state index >= 15 is 0 Å². The molecule has 124 valence electrons. The number of nitrogens with one attached hydrogen (secondary N) is 1. The van der Waals surface area contributed by atoms with Crippen molar-refractivity contribution in [3.8, 4) is 0 Å². The molecule has 23 heavy (non-hydrogen) atoms. The molecule has 1 amide bonds. The van der Waals surface area contributed by atoms with E-state index < -0.39 is 20.9 Å². The molecule has 0 fully saturated rings. The normalized spacial score (nSPS) is 12.8. The number of amides is 1. The fourth-order valence-corrected chi connectivity index (χ4v) is 3.43. The molecule has 1 aromatic carbocycles. The summed E-state index contributed by atoms with van der Waals surface area (Å²) in [6.45, 7) is 1.83. The van der Waals surface area contributed by atoms with Gasteiger partial charge in [0, 0.05) is 19.4 Å². The van der Waals surface area contributed by atoms with Crippen LogP contribution in [-0.2, 0) is 21.1 Å². The summed E-state index contributed by atoms with van der Waals surface area (Å²) in [6, 6.07) is 8.14. The van der Waals surface area contributed by atoms with E-state index in [2.05, 4.69) is 5.32 Å².